The van der Waals surface area contributed by atoms with Crippen LogP contribution in [0.3, 0.4) is 0 Å². The second kappa shape index (κ2) is 6.50. The van der Waals surface area contributed by atoms with E-state index in [0.717, 1.165) is 23.7 Å². The molecule has 5 rings (SSSR count). The lowest BCUT2D eigenvalue weighted by molar-refractivity contribution is -0.218. The fourth-order valence-electron chi connectivity index (χ4n) is 11.0. The Labute approximate surface area is 192 Å². The molecule has 0 N–H and O–H groups in total. The SMILES string of the molecule is CC(C)[C@@H]1CCC2(C)CC[C@]3(C)C(CCC4C5(C)C=CC(=O)C(C)(C)[C@@H]5CCC43C)[C@@H]12. The topological polar surface area (TPSA) is 17.1 Å². The molecule has 0 saturated heterocycles. The summed E-state index contributed by atoms with van der Waals surface area (Å²) in [5.41, 5.74) is 1.40. The summed E-state index contributed by atoms with van der Waals surface area (Å²) in [5, 5.41) is 0. The van der Waals surface area contributed by atoms with Gasteiger partial charge in [-0.1, -0.05) is 61.5 Å². The van der Waals surface area contributed by atoms with E-state index >= 15 is 0 Å². The molecule has 0 amide bonds. The molecule has 0 aromatic carbocycles. The lowest BCUT2D eigenvalue weighted by Crippen LogP contribution is -2.65. The fourth-order valence-corrected chi connectivity index (χ4v) is 11.0. The average molecular weight is 425 g/mol. The molecule has 0 radical (unpaired) electrons. The van der Waals surface area contributed by atoms with Crippen molar-refractivity contribution in [2.24, 2.45) is 62.6 Å². The lowest BCUT2D eigenvalue weighted by Gasteiger charge is -2.71. The summed E-state index contributed by atoms with van der Waals surface area (Å²) < 4.78 is 0. The molecule has 5 unspecified atom stereocenters. The number of hydrogen-bond donors (Lipinski definition) is 0. The molecular formula is C30H48O. The van der Waals surface area contributed by atoms with Gasteiger partial charge in [0, 0.05) is 5.41 Å². The molecule has 0 aliphatic heterocycles. The normalized spacial score (nSPS) is 55.4. The van der Waals surface area contributed by atoms with E-state index in [1.165, 1.54) is 51.4 Å². The van der Waals surface area contributed by atoms with Gasteiger partial charge in [0.2, 0.25) is 0 Å². The Morgan fingerprint density at radius 3 is 2.19 bits per heavy atom. The molecule has 174 valence electrons. The van der Waals surface area contributed by atoms with E-state index in [-0.39, 0.29) is 10.8 Å². The van der Waals surface area contributed by atoms with Crippen molar-refractivity contribution in [3.05, 3.63) is 12.2 Å². The molecular weight excluding hydrogens is 376 g/mol. The minimum Gasteiger partial charge on any atom is -0.294 e. The number of carbonyl (C=O) groups excluding carboxylic acids is 1. The number of fused-ring (bicyclic) bond motifs is 7. The van der Waals surface area contributed by atoms with Gasteiger partial charge in [0.15, 0.2) is 5.78 Å². The molecule has 0 bridgehead atoms. The Kier molecular flexibility index (Phi) is 4.66. The zero-order chi connectivity index (χ0) is 22.6. The quantitative estimate of drug-likeness (QED) is 0.415. The minimum absolute atomic E-state index is 0.173. The third kappa shape index (κ3) is 2.59. The molecule has 1 nitrogen and oxygen atoms in total. The largest absolute Gasteiger partial charge is 0.294 e. The third-order valence-electron chi connectivity index (χ3n) is 13.0. The summed E-state index contributed by atoms with van der Waals surface area (Å²) in [5.74, 6) is 5.14. The van der Waals surface area contributed by atoms with Crippen LogP contribution < -0.4 is 0 Å². The first-order valence-corrected chi connectivity index (χ1v) is 13.5. The number of allylic oxidation sites excluding steroid dienone is 2. The zero-order valence-electron chi connectivity index (χ0n) is 21.7. The highest BCUT2D eigenvalue weighted by Crippen LogP contribution is 2.76. The fraction of sp³-hybridized carbons (Fsp3) is 0.900. The van der Waals surface area contributed by atoms with Crippen molar-refractivity contribution < 1.29 is 4.79 Å². The number of carbonyl (C=O) groups is 1. The van der Waals surface area contributed by atoms with Crippen LogP contribution in [0.5, 0.6) is 0 Å². The van der Waals surface area contributed by atoms with Crippen LogP contribution in [-0.4, -0.2) is 5.78 Å². The van der Waals surface area contributed by atoms with Gasteiger partial charge < -0.3 is 0 Å². The Morgan fingerprint density at radius 2 is 1.52 bits per heavy atom. The third-order valence-corrected chi connectivity index (χ3v) is 13.0. The highest BCUT2D eigenvalue weighted by Gasteiger charge is 2.69. The van der Waals surface area contributed by atoms with Gasteiger partial charge in [0.25, 0.3) is 0 Å². The summed E-state index contributed by atoms with van der Waals surface area (Å²) >= 11 is 0. The van der Waals surface area contributed by atoms with Crippen LogP contribution in [0.25, 0.3) is 0 Å². The molecule has 5 aliphatic carbocycles. The zero-order valence-corrected chi connectivity index (χ0v) is 21.7. The van der Waals surface area contributed by atoms with E-state index in [1.807, 2.05) is 6.08 Å². The van der Waals surface area contributed by atoms with Crippen LogP contribution in [0, 0.1) is 62.6 Å². The number of rotatable bonds is 1. The van der Waals surface area contributed by atoms with Gasteiger partial charge in [0.05, 0.1) is 0 Å². The van der Waals surface area contributed by atoms with Crippen molar-refractivity contribution >= 4 is 5.78 Å². The van der Waals surface area contributed by atoms with E-state index in [0.29, 0.717) is 33.9 Å². The molecule has 4 saturated carbocycles. The first kappa shape index (κ1) is 22.2. The summed E-state index contributed by atoms with van der Waals surface area (Å²) in [6.07, 6.45) is 15.5. The number of ketones is 1. The van der Waals surface area contributed by atoms with Crippen LogP contribution in [-0.2, 0) is 4.79 Å². The van der Waals surface area contributed by atoms with Gasteiger partial charge in [-0.05, 0) is 115 Å². The van der Waals surface area contributed by atoms with Crippen molar-refractivity contribution in [1.29, 1.82) is 0 Å². The van der Waals surface area contributed by atoms with Gasteiger partial charge >= 0.3 is 0 Å². The van der Waals surface area contributed by atoms with Crippen molar-refractivity contribution in [3.8, 4) is 0 Å². The molecule has 5 aliphatic rings. The van der Waals surface area contributed by atoms with E-state index < -0.39 is 0 Å². The molecule has 31 heavy (non-hydrogen) atoms. The molecule has 0 aromatic heterocycles. The monoisotopic (exact) mass is 424 g/mol. The molecule has 0 heterocycles. The predicted molar refractivity (Wildman–Crippen MR) is 130 cm³/mol. The van der Waals surface area contributed by atoms with Crippen LogP contribution in [0.1, 0.15) is 107 Å². The average Bonchev–Trinajstić information content (AvgIpc) is 3.04. The molecule has 0 spiro atoms. The summed E-state index contributed by atoms with van der Waals surface area (Å²) in [6, 6.07) is 0. The van der Waals surface area contributed by atoms with Gasteiger partial charge in [-0.2, -0.15) is 0 Å². The first-order valence-electron chi connectivity index (χ1n) is 13.5. The Hall–Kier alpha value is -0.590. The Bertz CT molecular complexity index is 805. The van der Waals surface area contributed by atoms with Gasteiger partial charge in [-0.3, -0.25) is 4.79 Å². The smallest absolute Gasteiger partial charge is 0.161 e. The van der Waals surface area contributed by atoms with Crippen molar-refractivity contribution in [3.63, 3.8) is 0 Å². The predicted octanol–water partition coefficient (Wildman–Crippen LogP) is 8.09. The van der Waals surface area contributed by atoms with Crippen LogP contribution in [0.2, 0.25) is 0 Å². The maximum Gasteiger partial charge on any atom is 0.161 e. The Balaban J connectivity index is 1.57. The maximum atomic E-state index is 12.8. The summed E-state index contributed by atoms with van der Waals surface area (Å²) in [4.78, 5) is 12.8. The van der Waals surface area contributed by atoms with Gasteiger partial charge in [0.1, 0.15) is 0 Å². The van der Waals surface area contributed by atoms with Crippen LogP contribution in [0.4, 0.5) is 0 Å². The van der Waals surface area contributed by atoms with E-state index in [4.69, 9.17) is 0 Å². The van der Waals surface area contributed by atoms with Crippen molar-refractivity contribution in [2.45, 2.75) is 107 Å². The summed E-state index contributed by atoms with van der Waals surface area (Å²) in [7, 11) is 0. The maximum absolute atomic E-state index is 12.8. The van der Waals surface area contributed by atoms with Gasteiger partial charge in [-0.15, -0.1) is 0 Å². The first-order chi connectivity index (χ1) is 14.3. The molecule has 4 fully saturated rings. The van der Waals surface area contributed by atoms with Crippen LogP contribution in [0.15, 0.2) is 12.2 Å². The highest BCUT2D eigenvalue weighted by molar-refractivity contribution is 5.95. The van der Waals surface area contributed by atoms with E-state index in [2.05, 4.69) is 61.5 Å². The second-order valence-corrected chi connectivity index (χ2v) is 14.6. The molecule has 9 atom stereocenters. The standard InChI is InChI=1S/C30H48O/c1-19(2)20-11-14-27(5)17-18-29(7)21(25(20)27)9-10-23-28(6)15-13-24(31)26(3,4)22(28)12-16-30(23,29)8/h13,15,19-23,25H,9-12,14,16-18H2,1-8H3/t20-,21?,22-,23?,25+,27?,28?,29+,30?/m0/s1. The van der Waals surface area contributed by atoms with Crippen molar-refractivity contribution in [2.75, 3.05) is 0 Å². The van der Waals surface area contributed by atoms with E-state index in [1.54, 1.807) is 0 Å². The van der Waals surface area contributed by atoms with Crippen molar-refractivity contribution in [1.82, 2.24) is 0 Å². The summed E-state index contributed by atoms with van der Waals surface area (Å²) in [6.45, 7) is 20.1. The molecule has 0 aromatic rings. The Morgan fingerprint density at radius 1 is 0.806 bits per heavy atom. The van der Waals surface area contributed by atoms with Gasteiger partial charge in [-0.25, -0.2) is 0 Å². The number of hydrogen-bond acceptors (Lipinski definition) is 1. The minimum atomic E-state index is -0.206. The highest BCUT2D eigenvalue weighted by atomic mass is 16.1. The lowest BCUT2D eigenvalue weighted by atomic mass is 9.33. The second-order valence-electron chi connectivity index (χ2n) is 14.6. The molecule has 1 heteroatoms. The van der Waals surface area contributed by atoms with E-state index in [9.17, 15) is 4.79 Å². The van der Waals surface area contributed by atoms with Crippen LogP contribution >= 0.6 is 0 Å².